The van der Waals surface area contributed by atoms with Crippen molar-refractivity contribution < 1.29 is 23.8 Å². The van der Waals surface area contributed by atoms with Crippen LogP contribution in [0.15, 0.2) is 39.7 Å². The van der Waals surface area contributed by atoms with Gasteiger partial charge in [0.25, 0.3) is 5.91 Å². The quantitative estimate of drug-likeness (QED) is 0.422. The molecule has 34 heavy (non-hydrogen) atoms. The number of carboxylic acids is 1. The third kappa shape index (κ3) is 3.58. The van der Waals surface area contributed by atoms with E-state index in [0.29, 0.717) is 38.1 Å². The van der Waals surface area contributed by atoms with Crippen LogP contribution in [0, 0.1) is 23.7 Å². The molecule has 5 fully saturated rings. The summed E-state index contributed by atoms with van der Waals surface area (Å²) < 4.78 is 11.7. The molecule has 4 bridgehead atoms. The van der Waals surface area contributed by atoms with Crippen molar-refractivity contribution in [3.63, 3.8) is 0 Å². The number of carbonyl (C=O) groups is 2. The third-order valence-corrected chi connectivity index (χ3v) is 9.24. The van der Waals surface area contributed by atoms with Crippen molar-refractivity contribution in [3.05, 3.63) is 46.6 Å². The molecule has 7 rings (SSSR count). The van der Waals surface area contributed by atoms with Crippen LogP contribution in [0.4, 0.5) is 0 Å². The highest BCUT2D eigenvalue weighted by Gasteiger charge is 2.53. The number of thiocarbonyl (C=S) groups is 1. The number of hydrogen-bond donors (Lipinski definition) is 1. The minimum atomic E-state index is -1.07. The van der Waals surface area contributed by atoms with Crippen LogP contribution in [0.25, 0.3) is 17.4 Å². The number of thioether (sulfide) groups is 1. The van der Waals surface area contributed by atoms with Crippen LogP contribution in [-0.2, 0) is 4.79 Å². The van der Waals surface area contributed by atoms with Gasteiger partial charge in [-0.3, -0.25) is 9.69 Å². The number of methoxy groups -OCH3 is 1. The fraction of sp³-hybridized carbons (Fsp3) is 0.423. The predicted octanol–water partition coefficient (Wildman–Crippen LogP) is 5.68. The van der Waals surface area contributed by atoms with Crippen molar-refractivity contribution in [1.29, 1.82) is 0 Å². The molecule has 1 saturated heterocycles. The van der Waals surface area contributed by atoms with Gasteiger partial charge in [0.15, 0.2) is 0 Å². The van der Waals surface area contributed by atoms with E-state index in [1.165, 1.54) is 57.0 Å². The highest BCUT2D eigenvalue weighted by molar-refractivity contribution is 8.26. The first-order valence-electron chi connectivity index (χ1n) is 11.7. The Bertz CT molecular complexity index is 1200. The van der Waals surface area contributed by atoms with Gasteiger partial charge in [0.1, 0.15) is 27.2 Å². The summed E-state index contributed by atoms with van der Waals surface area (Å²) in [7, 11) is 1.44. The number of ether oxygens (including phenoxy) is 1. The number of hydrogen-bond acceptors (Lipinski definition) is 6. The second-order valence-corrected chi connectivity index (χ2v) is 11.6. The molecule has 4 saturated carbocycles. The van der Waals surface area contributed by atoms with Gasteiger partial charge in [0.2, 0.25) is 0 Å². The Kier molecular flexibility index (Phi) is 5.33. The van der Waals surface area contributed by atoms with Gasteiger partial charge in [-0.1, -0.05) is 24.0 Å². The maximum Gasteiger partial charge on any atom is 0.339 e. The highest BCUT2D eigenvalue weighted by atomic mass is 32.2. The van der Waals surface area contributed by atoms with Crippen LogP contribution in [0.2, 0.25) is 0 Å². The van der Waals surface area contributed by atoms with Crippen molar-refractivity contribution in [3.8, 4) is 17.1 Å². The second-order valence-electron chi connectivity index (χ2n) is 9.90. The second kappa shape index (κ2) is 8.27. The molecular weight excluding hydrogens is 470 g/mol. The van der Waals surface area contributed by atoms with Crippen molar-refractivity contribution in [2.24, 2.45) is 23.7 Å². The Balaban J connectivity index is 1.24. The molecule has 2 heterocycles. The smallest absolute Gasteiger partial charge is 0.339 e. The lowest BCUT2D eigenvalue weighted by Gasteiger charge is -2.56. The minimum absolute atomic E-state index is 0.0111. The van der Waals surface area contributed by atoms with E-state index in [1.807, 2.05) is 4.90 Å². The molecule has 0 atom stereocenters. The van der Waals surface area contributed by atoms with Gasteiger partial charge >= 0.3 is 5.97 Å². The average molecular weight is 496 g/mol. The number of amides is 1. The lowest BCUT2D eigenvalue weighted by atomic mass is 9.54. The van der Waals surface area contributed by atoms with Gasteiger partial charge in [0.05, 0.1) is 12.0 Å². The molecule has 0 spiro atoms. The molecule has 2 aromatic rings. The largest absolute Gasteiger partial charge is 0.496 e. The molecule has 1 N–H and O–H groups in total. The van der Waals surface area contributed by atoms with Gasteiger partial charge in [0, 0.05) is 17.7 Å². The fourth-order valence-corrected chi connectivity index (χ4v) is 8.12. The Labute approximate surface area is 207 Å². The summed E-state index contributed by atoms with van der Waals surface area (Å²) >= 11 is 7.04. The first kappa shape index (κ1) is 21.9. The van der Waals surface area contributed by atoms with Gasteiger partial charge in [-0.2, -0.15) is 0 Å². The molecule has 0 unspecified atom stereocenters. The number of aromatic carboxylic acids is 1. The standard InChI is InChI=1S/C26H25NO5S2/c1-31-21-4-2-15(11-19(21)25(29)30)20-5-3-18(32-20)12-22-24(28)27(26(33)34-22)23-16-7-13-6-14(9-16)10-17(23)8-13/h2-5,11-14,16-17,23H,6-10H2,1H3,(H,29,30)/b22-12-. The van der Waals surface area contributed by atoms with E-state index >= 15 is 0 Å². The number of rotatable bonds is 5. The molecule has 1 aromatic heterocycles. The van der Waals surface area contributed by atoms with Crippen LogP contribution < -0.4 is 4.74 Å². The van der Waals surface area contributed by atoms with E-state index in [-0.39, 0.29) is 23.3 Å². The lowest BCUT2D eigenvalue weighted by Crippen LogP contribution is -2.57. The number of carbonyl (C=O) groups excluding carboxylic acids is 1. The van der Waals surface area contributed by atoms with Crippen LogP contribution in [0.5, 0.6) is 5.75 Å². The number of benzene rings is 1. The molecule has 4 aliphatic carbocycles. The zero-order valence-corrected chi connectivity index (χ0v) is 20.4. The summed E-state index contributed by atoms with van der Waals surface area (Å²) in [5, 5.41) is 9.45. The van der Waals surface area contributed by atoms with E-state index in [0.717, 1.165) is 11.8 Å². The molecule has 176 valence electrons. The average Bonchev–Trinajstić information content (AvgIpc) is 3.38. The van der Waals surface area contributed by atoms with Gasteiger partial charge < -0.3 is 14.3 Å². The van der Waals surface area contributed by atoms with Crippen LogP contribution in [0.1, 0.15) is 48.2 Å². The van der Waals surface area contributed by atoms with Crippen LogP contribution in [-0.4, -0.2) is 39.4 Å². The van der Waals surface area contributed by atoms with Gasteiger partial charge in [-0.25, -0.2) is 4.79 Å². The Morgan fingerprint density at radius 1 is 1.15 bits per heavy atom. The predicted molar refractivity (Wildman–Crippen MR) is 134 cm³/mol. The van der Waals surface area contributed by atoms with Gasteiger partial charge in [-0.05, 0) is 86.1 Å². The normalized spacial score (nSPS) is 31.0. The van der Waals surface area contributed by atoms with Gasteiger partial charge in [-0.15, -0.1) is 0 Å². The minimum Gasteiger partial charge on any atom is -0.496 e. The molecule has 1 amide bonds. The molecule has 6 nitrogen and oxygen atoms in total. The first-order chi connectivity index (χ1) is 16.4. The zero-order chi connectivity index (χ0) is 23.6. The van der Waals surface area contributed by atoms with E-state index < -0.39 is 5.97 Å². The molecule has 1 aromatic carbocycles. The van der Waals surface area contributed by atoms with Crippen molar-refractivity contribution in [2.45, 2.75) is 38.1 Å². The molecule has 5 aliphatic rings. The summed E-state index contributed by atoms with van der Waals surface area (Å²) in [5.74, 6) is 3.10. The summed E-state index contributed by atoms with van der Waals surface area (Å²) in [6.45, 7) is 0. The van der Waals surface area contributed by atoms with E-state index in [1.54, 1.807) is 30.3 Å². The number of carboxylic acid groups (broad SMARTS) is 1. The van der Waals surface area contributed by atoms with Crippen molar-refractivity contribution in [1.82, 2.24) is 4.90 Å². The summed E-state index contributed by atoms with van der Waals surface area (Å²) in [6.07, 6.45) is 8.05. The van der Waals surface area contributed by atoms with Crippen molar-refractivity contribution in [2.75, 3.05) is 7.11 Å². The van der Waals surface area contributed by atoms with Crippen LogP contribution in [0.3, 0.4) is 0 Å². The van der Waals surface area contributed by atoms with Crippen molar-refractivity contribution >= 4 is 46.3 Å². The zero-order valence-electron chi connectivity index (χ0n) is 18.7. The Hall–Kier alpha value is -2.58. The third-order valence-electron chi connectivity index (χ3n) is 7.91. The Morgan fingerprint density at radius 3 is 2.50 bits per heavy atom. The topological polar surface area (TPSA) is 80.0 Å². The van der Waals surface area contributed by atoms with E-state index in [4.69, 9.17) is 21.4 Å². The SMILES string of the molecule is COc1ccc(-c2ccc(/C=C3\SC(=S)N(C4C5CC6CC(C5)CC4C6)C3=O)o2)cc1C(=O)O. The Morgan fingerprint density at radius 2 is 1.85 bits per heavy atom. The summed E-state index contributed by atoms with van der Waals surface area (Å²) in [4.78, 5) is 27.5. The monoisotopic (exact) mass is 495 g/mol. The van der Waals surface area contributed by atoms with E-state index in [9.17, 15) is 14.7 Å². The molecule has 8 heteroatoms. The summed E-state index contributed by atoms with van der Waals surface area (Å²) in [5.41, 5.74) is 0.688. The molecule has 1 aliphatic heterocycles. The fourth-order valence-electron chi connectivity index (χ4n) is 6.80. The number of nitrogens with zero attached hydrogens (tertiary/aromatic N) is 1. The van der Waals surface area contributed by atoms with Crippen LogP contribution >= 0.6 is 24.0 Å². The molecular formula is C26H25NO5S2. The number of furan rings is 1. The van der Waals surface area contributed by atoms with E-state index in [2.05, 4.69) is 0 Å². The molecule has 0 radical (unpaired) electrons. The lowest BCUT2D eigenvalue weighted by molar-refractivity contribution is -0.130. The first-order valence-corrected chi connectivity index (χ1v) is 12.9. The maximum absolute atomic E-state index is 13.4. The summed E-state index contributed by atoms with van der Waals surface area (Å²) in [6, 6.07) is 8.69. The maximum atomic E-state index is 13.4. The highest BCUT2D eigenvalue weighted by Crippen LogP contribution is 2.56.